The van der Waals surface area contributed by atoms with E-state index in [0.717, 1.165) is 5.56 Å². The van der Waals surface area contributed by atoms with Crippen molar-refractivity contribution in [2.75, 3.05) is 26.3 Å². The molecule has 0 spiro atoms. The van der Waals surface area contributed by atoms with E-state index < -0.39 is 28.9 Å². The molecular formula is C35H43FN2O5. The number of carbonyl (C=O) groups excluding carboxylic acids is 3. The Kier molecular flexibility index (Phi) is 11.4. The summed E-state index contributed by atoms with van der Waals surface area (Å²) < 4.78 is 15.9. The van der Waals surface area contributed by atoms with E-state index in [0.29, 0.717) is 11.1 Å². The number of nitrogens with zero attached hydrogens (tertiary/aromatic N) is 2. The van der Waals surface area contributed by atoms with Crippen LogP contribution in [-0.4, -0.2) is 69.5 Å². The Morgan fingerprint density at radius 1 is 0.721 bits per heavy atom. The fraction of sp³-hybridized carbons (Fsp3) is 0.400. The monoisotopic (exact) mass is 590 g/mol. The van der Waals surface area contributed by atoms with Crippen LogP contribution in [0.4, 0.5) is 4.39 Å². The lowest BCUT2D eigenvalue weighted by molar-refractivity contribution is -0.124. The average Bonchev–Trinajstić information content (AvgIpc) is 3.00. The van der Waals surface area contributed by atoms with Crippen LogP contribution in [0, 0.1) is 0 Å². The zero-order valence-electron chi connectivity index (χ0n) is 25.7. The highest BCUT2D eigenvalue weighted by atomic mass is 19.1. The molecule has 0 aromatic heterocycles. The van der Waals surface area contributed by atoms with Crippen molar-refractivity contribution in [2.45, 2.75) is 64.7 Å². The van der Waals surface area contributed by atoms with E-state index in [2.05, 4.69) is 0 Å². The molecule has 2 amide bonds. The first kappa shape index (κ1) is 33.6. The molecule has 230 valence electrons. The maximum Gasteiger partial charge on any atom is 0.255 e. The van der Waals surface area contributed by atoms with Crippen molar-refractivity contribution in [3.05, 3.63) is 107 Å². The van der Waals surface area contributed by atoms with E-state index in [9.17, 15) is 24.6 Å². The second-order valence-electron chi connectivity index (χ2n) is 12.0. The van der Waals surface area contributed by atoms with Crippen LogP contribution in [0.2, 0.25) is 0 Å². The number of rotatable bonds is 13. The van der Waals surface area contributed by atoms with Gasteiger partial charge in [0.05, 0.1) is 18.8 Å². The molecular weight excluding hydrogens is 547 g/mol. The molecule has 3 rings (SSSR count). The van der Waals surface area contributed by atoms with Gasteiger partial charge in [0, 0.05) is 41.7 Å². The SMILES string of the molecule is CC(C)(C)N(CCO)C(=O)c1ccccc1CCC(=O)C(F)c1ccccc1C(=O)N(CCO)C(C)(C)c1ccccc1. The van der Waals surface area contributed by atoms with Crippen molar-refractivity contribution in [3.8, 4) is 0 Å². The van der Waals surface area contributed by atoms with E-state index in [1.165, 1.54) is 17.0 Å². The third-order valence-electron chi connectivity index (χ3n) is 7.74. The number of halogens is 1. The lowest BCUT2D eigenvalue weighted by atomic mass is 9.90. The van der Waals surface area contributed by atoms with Crippen LogP contribution in [0.3, 0.4) is 0 Å². The summed E-state index contributed by atoms with van der Waals surface area (Å²) in [6.07, 6.45) is -2.11. The second-order valence-corrected chi connectivity index (χ2v) is 12.0. The van der Waals surface area contributed by atoms with E-state index in [1.807, 2.05) is 65.0 Å². The minimum Gasteiger partial charge on any atom is -0.395 e. The number of amides is 2. The summed E-state index contributed by atoms with van der Waals surface area (Å²) >= 11 is 0. The Hall–Kier alpha value is -3.88. The summed E-state index contributed by atoms with van der Waals surface area (Å²) in [5, 5.41) is 19.3. The van der Waals surface area contributed by atoms with Gasteiger partial charge < -0.3 is 20.0 Å². The van der Waals surface area contributed by atoms with Crippen molar-refractivity contribution in [3.63, 3.8) is 0 Å². The molecule has 3 aromatic rings. The predicted molar refractivity (Wildman–Crippen MR) is 166 cm³/mol. The van der Waals surface area contributed by atoms with E-state index in [4.69, 9.17) is 0 Å². The summed E-state index contributed by atoms with van der Waals surface area (Å²) in [6.45, 7) is 9.04. The summed E-state index contributed by atoms with van der Waals surface area (Å²) in [6, 6.07) is 22.4. The molecule has 0 fully saturated rings. The highest BCUT2D eigenvalue weighted by Gasteiger charge is 2.35. The Bertz CT molecular complexity index is 1400. The van der Waals surface area contributed by atoms with Crippen LogP contribution in [-0.2, 0) is 16.8 Å². The number of hydrogen-bond donors (Lipinski definition) is 2. The quantitative estimate of drug-likeness (QED) is 0.274. The molecule has 0 radical (unpaired) electrons. The topological polar surface area (TPSA) is 98.2 Å². The molecule has 0 aliphatic carbocycles. The fourth-order valence-corrected chi connectivity index (χ4v) is 5.29. The van der Waals surface area contributed by atoms with Gasteiger partial charge in [-0.2, -0.15) is 0 Å². The molecule has 2 N–H and O–H groups in total. The third kappa shape index (κ3) is 7.94. The molecule has 3 aromatic carbocycles. The number of Topliss-reactive ketones (excluding diaryl/α,β-unsaturated/α-hetero) is 1. The maximum absolute atomic E-state index is 15.9. The zero-order chi connectivity index (χ0) is 31.8. The number of aliphatic hydroxyl groups excluding tert-OH is 2. The number of aliphatic hydroxyl groups is 2. The van der Waals surface area contributed by atoms with Crippen molar-refractivity contribution in [1.82, 2.24) is 9.80 Å². The third-order valence-corrected chi connectivity index (χ3v) is 7.74. The van der Waals surface area contributed by atoms with E-state index >= 15 is 4.39 Å². The number of carbonyl (C=O) groups is 3. The normalized spacial score (nSPS) is 12.5. The van der Waals surface area contributed by atoms with Crippen LogP contribution < -0.4 is 0 Å². The first-order valence-electron chi connectivity index (χ1n) is 14.6. The number of aryl methyl sites for hydroxylation is 1. The Morgan fingerprint density at radius 3 is 1.84 bits per heavy atom. The first-order chi connectivity index (χ1) is 20.3. The van der Waals surface area contributed by atoms with Crippen LogP contribution >= 0.6 is 0 Å². The van der Waals surface area contributed by atoms with Crippen molar-refractivity contribution < 1.29 is 29.0 Å². The van der Waals surface area contributed by atoms with Gasteiger partial charge in [-0.15, -0.1) is 0 Å². The Balaban J connectivity index is 1.85. The lowest BCUT2D eigenvalue weighted by Gasteiger charge is -2.39. The number of alkyl halides is 1. The second kappa shape index (κ2) is 14.5. The van der Waals surface area contributed by atoms with Gasteiger partial charge >= 0.3 is 0 Å². The van der Waals surface area contributed by atoms with Gasteiger partial charge in [-0.1, -0.05) is 66.7 Å². The lowest BCUT2D eigenvalue weighted by Crippen LogP contribution is -2.47. The maximum atomic E-state index is 15.9. The molecule has 0 saturated carbocycles. The van der Waals surface area contributed by atoms with Gasteiger partial charge in [-0.3, -0.25) is 14.4 Å². The first-order valence-corrected chi connectivity index (χ1v) is 14.6. The van der Waals surface area contributed by atoms with E-state index in [1.54, 1.807) is 41.3 Å². The van der Waals surface area contributed by atoms with Crippen molar-refractivity contribution in [1.29, 1.82) is 0 Å². The molecule has 0 aliphatic rings. The van der Waals surface area contributed by atoms with Gasteiger partial charge in [-0.25, -0.2) is 4.39 Å². The van der Waals surface area contributed by atoms with Gasteiger partial charge in [0.15, 0.2) is 12.0 Å². The summed E-state index contributed by atoms with van der Waals surface area (Å²) in [7, 11) is 0. The molecule has 0 aliphatic heterocycles. The average molecular weight is 591 g/mol. The molecule has 43 heavy (non-hydrogen) atoms. The molecule has 1 atom stereocenters. The molecule has 1 unspecified atom stereocenters. The molecule has 0 heterocycles. The molecule has 8 heteroatoms. The van der Waals surface area contributed by atoms with Crippen LogP contribution in [0.1, 0.15) is 84.6 Å². The predicted octanol–water partition coefficient (Wildman–Crippen LogP) is 5.50. The minimum absolute atomic E-state index is 0.0205. The Labute approximate surface area is 254 Å². The largest absolute Gasteiger partial charge is 0.395 e. The molecule has 0 saturated heterocycles. The van der Waals surface area contributed by atoms with Gasteiger partial charge in [0.2, 0.25) is 0 Å². The zero-order valence-corrected chi connectivity index (χ0v) is 25.7. The highest BCUT2D eigenvalue weighted by Crippen LogP contribution is 2.32. The van der Waals surface area contributed by atoms with Gasteiger partial charge in [-0.05, 0) is 64.3 Å². The Morgan fingerprint density at radius 2 is 1.23 bits per heavy atom. The van der Waals surface area contributed by atoms with E-state index in [-0.39, 0.29) is 56.2 Å². The van der Waals surface area contributed by atoms with Crippen LogP contribution in [0.25, 0.3) is 0 Å². The van der Waals surface area contributed by atoms with Crippen molar-refractivity contribution >= 4 is 17.6 Å². The number of hydrogen-bond acceptors (Lipinski definition) is 5. The number of ketones is 1. The summed E-state index contributed by atoms with van der Waals surface area (Å²) in [4.78, 5) is 43.6. The standard InChI is InChI=1S/C35H43FN2O5/c1-34(2,3)37(21-23-39)32(42)27-16-10-9-13-25(27)19-20-30(41)31(36)28-17-11-12-18-29(28)33(43)38(22-24-40)35(4,5)26-14-7-6-8-15-26/h6-18,31,39-40H,19-24H2,1-5H3. The van der Waals surface area contributed by atoms with Gasteiger partial charge in [0.25, 0.3) is 11.8 Å². The van der Waals surface area contributed by atoms with Crippen molar-refractivity contribution in [2.24, 2.45) is 0 Å². The van der Waals surface area contributed by atoms with Crippen LogP contribution in [0.15, 0.2) is 78.9 Å². The fourth-order valence-electron chi connectivity index (χ4n) is 5.29. The molecule has 7 nitrogen and oxygen atoms in total. The summed E-state index contributed by atoms with van der Waals surface area (Å²) in [5.74, 6) is -1.47. The number of β-amino-alcohol motifs (C(OH)–C–C–N with tert-alkyl or cyclic N) is 1. The van der Waals surface area contributed by atoms with Crippen LogP contribution in [0.5, 0.6) is 0 Å². The number of benzene rings is 3. The summed E-state index contributed by atoms with van der Waals surface area (Å²) in [5.41, 5.74) is 0.506. The molecule has 0 bridgehead atoms. The smallest absolute Gasteiger partial charge is 0.255 e. The minimum atomic E-state index is -2.06. The highest BCUT2D eigenvalue weighted by molar-refractivity contribution is 5.99. The van der Waals surface area contributed by atoms with Gasteiger partial charge in [0.1, 0.15) is 0 Å².